The molecule has 1 aromatic carbocycles. The molecule has 0 aliphatic carbocycles. The maximum absolute atomic E-state index is 13.1. The van der Waals surface area contributed by atoms with E-state index in [0.29, 0.717) is 23.7 Å². The van der Waals surface area contributed by atoms with E-state index in [1.165, 1.54) is 23.0 Å². The molecule has 29 heavy (non-hydrogen) atoms. The maximum atomic E-state index is 13.1. The monoisotopic (exact) mass is 398 g/mol. The van der Waals surface area contributed by atoms with Crippen molar-refractivity contribution in [3.8, 4) is 0 Å². The second-order valence-corrected chi connectivity index (χ2v) is 6.95. The van der Waals surface area contributed by atoms with Crippen molar-refractivity contribution >= 4 is 18.2 Å². The van der Waals surface area contributed by atoms with Gasteiger partial charge in [0.25, 0.3) is 5.56 Å². The standard InChI is InChI=1S/C21H23FN4O3/c1-13(10-26-12-24-20(23-4)14(2)21(26)27)29-25-15(3)17-9-19(28-11-17)16-5-7-18(22)8-6-16/h5-8,12,17,19H,1,4,9-11H2,2-3H3/b25-15+/t17?,19-/m1/s1. The number of benzene rings is 1. The smallest absolute Gasteiger partial charge is 0.258 e. The highest BCUT2D eigenvalue weighted by Gasteiger charge is 2.29. The van der Waals surface area contributed by atoms with Crippen molar-refractivity contribution in [2.75, 3.05) is 6.61 Å². The van der Waals surface area contributed by atoms with E-state index in [-0.39, 0.29) is 29.9 Å². The molecule has 0 amide bonds. The molecule has 0 saturated carbocycles. The van der Waals surface area contributed by atoms with E-state index >= 15 is 0 Å². The second-order valence-electron chi connectivity index (χ2n) is 6.95. The predicted molar refractivity (Wildman–Crippen MR) is 109 cm³/mol. The van der Waals surface area contributed by atoms with Crippen LogP contribution in [0.1, 0.15) is 30.6 Å². The predicted octanol–water partition coefficient (Wildman–Crippen LogP) is 3.71. The normalized spacial score (nSPS) is 19.2. The summed E-state index contributed by atoms with van der Waals surface area (Å²) in [6.07, 6.45) is 2.01. The minimum atomic E-state index is -0.271. The minimum Gasteiger partial charge on any atom is -0.373 e. The molecule has 0 radical (unpaired) electrons. The van der Waals surface area contributed by atoms with Gasteiger partial charge in [-0.3, -0.25) is 9.36 Å². The highest BCUT2D eigenvalue weighted by atomic mass is 19.1. The molecule has 1 unspecified atom stereocenters. The molecule has 7 nitrogen and oxygen atoms in total. The first-order chi connectivity index (χ1) is 13.9. The Morgan fingerprint density at radius 2 is 2.14 bits per heavy atom. The Balaban J connectivity index is 1.58. The van der Waals surface area contributed by atoms with Crippen LogP contribution < -0.4 is 5.56 Å². The number of oxime groups is 1. The summed E-state index contributed by atoms with van der Waals surface area (Å²) in [6, 6.07) is 6.31. The molecular formula is C21H23FN4O3. The van der Waals surface area contributed by atoms with Crippen LogP contribution in [0, 0.1) is 18.7 Å². The third kappa shape index (κ3) is 4.83. The van der Waals surface area contributed by atoms with Gasteiger partial charge in [0, 0.05) is 5.92 Å². The van der Waals surface area contributed by atoms with Gasteiger partial charge >= 0.3 is 0 Å². The van der Waals surface area contributed by atoms with Crippen LogP contribution in [-0.2, 0) is 16.1 Å². The number of hydrogen-bond acceptors (Lipinski definition) is 6. The summed E-state index contributed by atoms with van der Waals surface area (Å²) in [4.78, 5) is 25.5. The number of nitrogens with zero attached hydrogens (tertiary/aromatic N) is 4. The van der Waals surface area contributed by atoms with Crippen molar-refractivity contribution in [3.05, 3.63) is 70.2 Å². The first-order valence-corrected chi connectivity index (χ1v) is 9.18. The van der Waals surface area contributed by atoms with Crippen LogP contribution in [0.25, 0.3) is 0 Å². The number of hydrogen-bond donors (Lipinski definition) is 0. The summed E-state index contributed by atoms with van der Waals surface area (Å²) >= 11 is 0. The van der Waals surface area contributed by atoms with Gasteiger partial charge in [0.1, 0.15) is 17.9 Å². The van der Waals surface area contributed by atoms with E-state index < -0.39 is 0 Å². The van der Waals surface area contributed by atoms with Crippen LogP contribution >= 0.6 is 0 Å². The van der Waals surface area contributed by atoms with Gasteiger partial charge in [0.05, 0.1) is 30.5 Å². The quantitative estimate of drug-likeness (QED) is 0.405. The van der Waals surface area contributed by atoms with Crippen molar-refractivity contribution in [1.82, 2.24) is 9.55 Å². The van der Waals surface area contributed by atoms with Crippen molar-refractivity contribution in [3.63, 3.8) is 0 Å². The summed E-state index contributed by atoms with van der Waals surface area (Å²) in [7, 11) is 0. The second kappa shape index (κ2) is 8.91. The highest BCUT2D eigenvalue weighted by Crippen LogP contribution is 2.33. The van der Waals surface area contributed by atoms with Gasteiger partial charge in [-0.05, 0) is 44.7 Å². The van der Waals surface area contributed by atoms with Gasteiger partial charge in [0.15, 0.2) is 5.82 Å². The minimum absolute atomic E-state index is 0.0856. The molecule has 8 heteroatoms. The lowest BCUT2D eigenvalue weighted by Gasteiger charge is -2.11. The van der Waals surface area contributed by atoms with Crippen LogP contribution in [0.15, 0.2) is 57.9 Å². The van der Waals surface area contributed by atoms with Gasteiger partial charge < -0.3 is 9.57 Å². The topological polar surface area (TPSA) is 78.1 Å². The lowest BCUT2D eigenvalue weighted by molar-refractivity contribution is 0.109. The Kier molecular flexibility index (Phi) is 6.33. The summed E-state index contributed by atoms with van der Waals surface area (Å²) in [5, 5.41) is 4.14. The van der Waals surface area contributed by atoms with E-state index in [2.05, 4.69) is 28.4 Å². The maximum Gasteiger partial charge on any atom is 0.258 e. The van der Waals surface area contributed by atoms with Gasteiger partial charge in [-0.2, -0.15) is 0 Å². The Morgan fingerprint density at radius 1 is 1.41 bits per heavy atom. The molecule has 2 heterocycles. The zero-order chi connectivity index (χ0) is 21.0. The van der Waals surface area contributed by atoms with E-state index in [4.69, 9.17) is 9.57 Å². The van der Waals surface area contributed by atoms with E-state index in [0.717, 1.165) is 17.7 Å². The Hall–Kier alpha value is -3.13. The van der Waals surface area contributed by atoms with Crippen molar-refractivity contribution in [1.29, 1.82) is 0 Å². The molecule has 2 aromatic rings. The third-order valence-electron chi connectivity index (χ3n) is 4.88. The Morgan fingerprint density at radius 3 is 2.83 bits per heavy atom. The van der Waals surface area contributed by atoms with Crippen molar-refractivity contribution in [2.45, 2.75) is 32.9 Å². The molecule has 1 aliphatic rings. The van der Waals surface area contributed by atoms with E-state index in [9.17, 15) is 9.18 Å². The molecule has 152 valence electrons. The Labute approximate surface area is 168 Å². The molecule has 1 fully saturated rings. The fraction of sp³-hybridized carbons (Fsp3) is 0.333. The molecule has 1 aromatic heterocycles. The summed E-state index contributed by atoms with van der Waals surface area (Å²) < 4.78 is 20.3. The number of rotatable bonds is 7. The largest absolute Gasteiger partial charge is 0.373 e. The van der Waals surface area contributed by atoms with Crippen LogP contribution in [0.5, 0.6) is 0 Å². The Bertz CT molecular complexity index is 998. The average Bonchev–Trinajstić information content (AvgIpc) is 3.21. The van der Waals surface area contributed by atoms with Crippen LogP contribution in [0.2, 0.25) is 0 Å². The molecule has 1 saturated heterocycles. The first-order valence-electron chi connectivity index (χ1n) is 9.18. The van der Waals surface area contributed by atoms with E-state index in [1.807, 2.05) is 6.92 Å². The molecule has 1 aliphatic heterocycles. The molecule has 0 bridgehead atoms. The summed E-state index contributed by atoms with van der Waals surface area (Å²) in [6.45, 7) is 11.3. The fourth-order valence-corrected chi connectivity index (χ4v) is 3.11. The zero-order valence-corrected chi connectivity index (χ0v) is 16.5. The van der Waals surface area contributed by atoms with Crippen molar-refractivity contribution < 1.29 is 14.0 Å². The van der Waals surface area contributed by atoms with Gasteiger partial charge in [-0.15, -0.1) is 0 Å². The van der Waals surface area contributed by atoms with Crippen LogP contribution in [-0.4, -0.2) is 28.6 Å². The number of allylic oxidation sites excluding steroid dienone is 1. The number of halogens is 1. The molecular weight excluding hydrogens is 375 g/mol. The summed E-state index contributed by atoms with van der Waals surface area (Å²) in [5.41, 5.74) is 1.87. The third-order valence-corrected chi connectivity index (χ3v) is 4.88. The lowest BCUT2D eigenvalue weighted by atomic mass is 9.97. The van der Waals surface area contributed by atoms with Gasteiger partial charge in [0.2, 0.25) is 0 Å². The van der Waals surface area contributed by atoms with Crippen molar-refractivity contribution in [2.24, 2.45) is 16.1 Å². The SMILES string of the molecule is C=Nc1ncn(CC(=C)O/N=C(\C)C2CO[C@@H](c3ccc(F)cc3)C2)c(=O)c1C. The average molecular weight is 398 g/mol. The van der Waals surface area contributed by atoms with Gasteiger partial charge in [-0.25, -0.2) is 14.4 Å². The molecule has 2 atom stereocenters. The fourth-order valence-electron chi connectivity index (χ4n) is 3.11. The zero-order valence-electron chi connectivity index (χ0n) is 16.5. The number of ether oxygens (including phenoxy) is 1. The molecule has 0 spiro atoms. The molecule has 0 N–H and O–H groups in total. The van der Waals surface area contributed by atoms with Crippen LogP contribution in [0.3, 0.4) is 0 Å². The van der Waals surface area contributed by atoms with Gasteiger partial charge in [-0.1, -0.05) is 23.9 Å². The highest BCUT2D eigenvalue weighted by molar-refractivity contribution is 5.84. The molecule has 3 rings (SSSR count). The number of aromatic nitrogens is 2. The van der Waals surface area contributed by atoms with Crippen LogP contribution in [0.4, 0.5) is 10.2 Å². The van der Waals surface area contributed by atoms with E-state index in [1.54, 1.807) is 19.1 Å². The first kappa shape index (κ1) is 20.6. The summed E-state index contributed by atoms with van der Waals surface area (Å²) in [5.74, 6) is 0.430. The number of aliphatic imine (C=N–C) groups is 1. The lowest BCUT2D eigenvalue weighted by Crippen LogP contribution is -2.23.